The molecule has 0 aromatic heterocycles. The van der Waals surface area contributed by atoms with Gasteiger partial charge in [-0.05, 0) is 24.5 Å². The van der Waals surface area contributed by atoms with Gasteiger partial charge in [0.2, 0.25) is 0 Å². The first kappa shape index (κ1) is 11.2. The Bertz CT molecular complexity index is 426. The Morgan fingerprint density at radius 2 is 2.06 bits per heavy atom. The molecule has 1 heterocycles. The summed E-state index contributed by atoms with van der Waals surface area (Å²) in [7, 11) is 0. The standard InChI is InChI=1S/C14H18FNO/c15-11-5-3-4-10-12(17)8-16-9-14(13(10)11)6-1-2-7-14/h3-5,12,16-17H,1-2,6-9H2. The van der Waals surface area contributed by atoms with Gasteiger partial charge in [0.25, 0.3) is 0 Å². The first-order valence-electron chi connectivity index (χ1n) is 6.41. The first-order valence-corrected chi connectivity index (χ1v) is 6.41. The summed E-state index contributed by atoms with van der Waals surface area (Å²) in [5.41, 5.74) is 1.48. The molecule has 1 saturated carbocycles. The molecule has 2 N–H and O–H groups in total. The van der Waals surface area contributed by atoms with Crippen molar-refractivity contribution in [1.29, 1.82) is 0 Å². The Kier molecular flexibility index (Phi) is 2.68. The van der Waals surface area contributed by atoms with Crippen LogP contribution in [-0.2, 0) is 5.41 Å². The fraction of sp³-hybridized carbons (Fsp3) is 0.571. The minimum Gasteiger partial charge on any atom is -0.387 e. The van der Waals surface area contributed by atoms with Gasteiger partial charge in [-0.2, -0.15) is 0 Å². The third-order valence-electron chi connectivity index (χ3n) is 4.30. The smallest absolute Gasteiger partial charge is 0.127 e. The minimum atomic E-state index is -0.583. The summed E-state index contributed by atoms with van der Waals surface area (Å²) in [4.78, 5) is 0. The number of rotatable bonds is 0. The predicted molar refractivity (Wildman–Crippen MR) is 64.4 cm³/mol. The Balaban J connectivity index is 2.18. The highest BCUT2D eigenvalue weighted by Gasteiger charge is 2.41. The molecule has 17 heavy (non-hydrogen) atoms. The van der Waals surface area contributed by atoms with Crippen LogP contribution in [0.1, 0.15) is 42.9 Å². The van der Waals surface area contributed by atoms with E-state index in [-0.39, 0.29) is 11.2 Å². The van der Waals surface area contributed by atoms with Crippen LogP contribution in [0.3, 0.4) is 0 Å². The second-order valence-corrected chi connectivity index (χ2v) is 5.34. The van der Waals surface area contributed by atoms with Crippen LogP contribution in [0.15, 0.2) is 18.2 Å². The van der Waals surface area contributed by atoms with E-state index < -0.39 is 6.10 Å². The van der Waals surface area contributed by atoms with Gasteiger partial charge in [-0.15, -0.1) is 0 Å². The highest BCUT2D eigenvalue weighted by atomic mass is 19.1. The molecule has 1 atom stereocenters. The lowest BCUT2D eigenvalue weighted by atomic mass is 9.76. The van der Waals surface area contributed by atoms with Crippen LogP contribution in [0.5, 0.6) is 0 Å². The van der Waals surface area contributed by atoms with E-state index in [1.807, 2.05) is 6.07 Å². The predicted octanol–water partition coefficient (Wildman–Crippen LogP) is 2.27. The number of aliphatic hydroxyl groups excluding tert-OH is 1. The van der Waals surface area contributed by atoms with Gasteiger partial charge in [-0.1, -0.05) is 25.0 Å². The topological polar surface area (TPSA) is 32.3 Å². The van der Waals surface area contributed by atoms with E-state index in [4.69, 9.17) is 0 Å². The second-order valence-electron chi connectivity index (χ2n) is 5.34. The summed E-state index contributed by atoms with van der Waals surface area (Å²) in [5, 5.41) is 13.4. The summed E-state index contributed by atoms with van der Waals surface area (Å²) in [5.74, 6) is -0.146. The average molecular weight is 235 g/mol. The molecule has 0 saturated heterocycles. The zero-order valence-corrected chi connectivity index (χ0v) is 9.88. The Morgan fingerprint density at radius 3 is 2.82 bits per heavy atom. The SMILES string of the molecule is OC1CNCC2(CCCC2)c2c(F)cccc21. The quantitative estimate of drug-likeness (QED) is 0.723. The number of β-amino-alcohol motifs (C(OH)–C–C–N with tert-alkyl or cyclic N) is 1. The molecule has 1 aliphatic carbocycles. The van der Waals surface area contributed by atoms with E-state index in [0.29, 0.717) is 6.54 Å². The van der Waals surface area contributed by atoms with Crippen molar-refractivity contribution in [3.63, 3.8) is 0 Å². The lowest BCUT2D eigenvalue weighted by Crippen LogP contribution is -2.35. The van der Waals surface area contributed by atoms with Crippen molar-refractivity contribution in [2.24, 2.45) is 0 Å². The molecule has 2 nitrogen and oxygen atoms in total. The van der Waals surface area contributed by atoms with E-state index >= 15 is 0 Å². The molecular formula is C14H18FNO. The van der Waals surface area contributed by atoms with Gasteiger partial charge in [0.1, 0.15) is 5.82 Å². The molecule has 1 unspecified atom stereocenters. The molecule has 1 aliphatic heterocycles. The Morgan fingerprint density at radius 1 is 1.29 bits per heavy atom. The molecule has 3 rings (SSSR count). The minimum absolute atomic E-state index is 0.0852. The summed E-state index contributed by atoms with van der Waals surface area (Å²) < 4.78 is 14.2. The largest absolute Gasteiger partial charge is 0.387 e. The maximum atomic E-state index is 14.2. The molecule has 1 aromatic carbocycles. The van der Waals surface area contributed by atoms with Crippen LogP contribution < -0.4 is 5.32 Å². The van der Waals surface area contributed by atoms with E-state index in [0.717, 1.165) is 43.4 Å². The Hall–Kier alpha value is -0.930. The van der Waals surface area contributed by atoms with Crippen molar-refractivity contribution in [2.45, 2.75) is 37.2 Å². The first-order chi connectivity index (χ1) is 8.23. The highest BCUT2D eigenvalue weighted by Crippen LogP contribution is 2.45. The molecular weight excluding hydrogens is 217 g/mol. The molecule has 2 aliphatic rings. The number of benzene rings is 1. The molecule has 0 radical (unpaired) electrons. The second kappa shape index (κ2) is 4.07. The maximum Gasteiger partial charge on any atom is 0.127 e. The van der Waals surface area contributed by atoms with Crippen LogP contribution in [0.2, 0.25) is 0 Å². The maximum absolute atomic E-state index is 14.2. The van der Waals surface area contributed by atoms with Gasteiger partial charge >= 0.3 is 0 Å². The van der Waals surface area contributed by atoms with Gasteiger partial charge in [0.15, 0.2) is 0 Å². The molecule has 1 aromatic rings. The lowest BCUT2D eigenvalue weighted by Gasteiger charge is -2.30. The number of halogens is 1. The van der Waals surface area contributed by atoms with Crippen molar-refractivity contribution in [3.8, 4) is 0 Å². The zero-order chi connectivity index (χ0) is 11.9. The van der Waals surface area contributed by atoms with Crippen molar-refractivity contribution in [2.75, 3.05) is 13.1 Å². The van der Waals surface area contributed by atoms with Crippen molar-refractivity contribution >= 4 is 0 Å². The number of fused-ring (bicyclic) bond motifs is 2. The van der Waals surface area contributed by atoms with Gasteiger partial charge in [0, 0.05) is 24.1 Å². The van der Waals surface area contributed by atoms with Crippen molar-refractivity contribution in [1.82, 2.24) is 5.32 Å². The molecule has 3 heteroatoms. The molecule has 0 bridgehead atoms. The summed E-state index contributed by atoms with van der Waals surface area (Å²) in [6, 6.07) is 5.10. The highest BCUT2D eigenvalue weighted by molar-refractivity contribution is 5.39. The van der Waals surface area contributed by atoms with E-state index in [9.17, 15) is 9.50 Å². The van der Waals surface area contributed by atoms with Gasteiger partial charge in [0.05, 0.1) is 6.10 Å². The normalized spacial score (nSPS) is 26.8. The third kappa shape index (κ3) is 1.69. The van der Waals surface area contributed by atoms with Crippen LogP contribution in [0, 0.1) is 5.82 Å². The molecule has 1 spiro atoms. The summed E-state index contributed by atoms with van der Waals surface area (Å²) in [6.45, 7) is 1.32. The lowest BCUT2D eigenvalue weighted by molar-refractivity contribution is 0.177. The number of hydrogen-bond donors (Lipinski definition) is 2. The fourth-order valence-corrected chi connectivity index (χ4v) is 3.50. The van der Waals surface area contributed by atoms with E-state index in [1.54, 1.807) is 6.07 Å². The van der Waals surface area contributed by atoms with Gasteiger partial charge in [-0.3, -0.25) is 0 Å². The Labute approximate surface area is 101 Å². The fourth-order valence-electron chi connectivity index (χ4n) is 3.50. The van der Waals surface area contributed by atoms with Gasteiger partial charge in [-0.25, -0.2) is 4.39 Å². The van der Waals surface area contributed by atoms with Crippen molar-refractivity contribution < 1.29 is 9.50 Å². The van der Waals surface area contributed by atoms with E-state index in [1.165, 1.54) is 6.07 Å². The third-order valence-corrected chi connectivity index (χ3v) is 4.30. The van der Waals surface area contributed by atoms with Gasteiger partial charge < -0.3 is 10.4 Å². The van der Waals surface area contributed by atoms with Crippen LogP contribution in [0.4, 0.5) is 4.39 Å². The molecule has 92 valence electrons. The number of hydrogen-bond acceptors (Lipinski definition) is 2. The number of nitrogens with one attached hydrogen (secondary N) is 1. The molecule has 0 amide bonds. The van der Waals surface area contributed by atoms with E-state index in [2.05, 4.69) is 5.32 Å². The van der Waals surface area contributed by atoms with Crippen LogP contribution in [0.25, 0.3) is 0 Å². The molecule has 1 fully saturated rings. The summed E-state index contributed by atoms with van der Waals surface area (Å²) >= 11 is 0. The van der Waals surface area contributed by atoms with Crippen LogP contribution in [-0.4, -0.2) is 18.2 Å². The number of aliphatic hydroxyl groups is 1. The average Bonchev–Trinajstić information content (AvgIpc) is 2.72. The van der Waals surface area contributed by atoms with Crippen LogP contribution >= 0.6 is 0 Å². The summed E-state index contributed by atoms with van der Waals surface area (Å²) in [6.07, 6.45) is 3.79. The van der Waals surface area contributed by atoms with Crippen molar-refractivity contribution in [3.05, 3.63) is 35.1 Å². The zero-order valence-electron chi connectivity index (χ0n) is 9.88. The monoisotopic (exact) mass is 235 g/mol.